The minimum atomic E-state index is 0.340. The van der Waals surface area contributed by atoms with Crippen molar-refractivity contribution in [3.8, 4) is 0 Å². The van der Waals surface area contributed by atoms with Crippen molar-refractivity contribution in [3.63, 3.8) is 0 Å². The van der Waals surface area contributed by atoms with Crippen molar-refractivity contribution >= 4 is 5.78 Å². The zero-order valence-corrected chi connectivity index (χ0v) is 13.6. The number of likely N-dealkylation sites (tertiary alicyclic amines) is 1. The van der Waals surface area contributed by atoms with E-state index in [9.17, 15) is 4.79 Å². The maximum Gasteiger partial charge on any atom is 0.137 e. The molecule has 0 amide bonds. The standard InChI is InChI=1S/C18H33NO/c1-3-8-15-10-11-18(20)16(13-15)14-19-12-7-5-6-9-17(19)4-2/h15-17H,3-14H2,1-2H3. The number of ketones is 1. The Labute approximate surface area is 125 Å². The van der Waals surface area contributed by atoms with Gasteiger partial charge in [0.25, 0.3) is 0 Å². The summed E-state index contributed by atoms with van der Waals surface area (Å²) in [5, 5.41) is 0. The first-order valence-corrected chi connectivity index (χ1v) is 9.01. The molecule has 3 atom stereocenters. The van der Waals surface area contributed by atoms with Crippen LogP contribution in [0, 0.1) is 11.8 Å². The summed E-state index contributed by atoms with van der Waals surface area (Å²) in [6, 6.07) is 0.733. The Morgan fingerprint density at radius 1 is 1.15 bits per heavy atom. The molecule has 2 rings (SSSR count). The van der Waals surface area contributed by atoms with E-state index in [1.165, 1.54) is 57.9 Å². The number of rotatable bonds is 5. The van der Waals surface area contributed by atoms with Crippen LogP contribution in [0.5, 0.6) is 0 Å². The Kier molecular flexibility index (Phi) is 6.54. The van der Waals surface area contributed by atoms with E-state index in [-0.39, 0.29) is 0 Å². The van der Waals surface area contributed by atoms with Crippen LogP contribution in [0.15, 0.2) is 0 Å². The normalized spacial score (nSPS) is 33.1. The number of carbonyl (C=O) groups is 1. The SMILES string of the molecule is CCCC1CCC(=O)C(CN2CCCCCC2CC)C1. The van der Waals surface area contributed by atoms with Crippen LogP contribution in [0.25, 0.3) is 0 Å². The van der Waals surface area contributed by atoms with Gasteiger partial charge in [0.05, 0.1) is 0 Å². The smallest absolute Gasteiger partial charge is 0.137 e. The lowest BCUT2D eigenvalue weighted by Gasteiger charge is -2.35. The van der Waals surface area contributed by atoms with E-state index in [4.69, 9.17) is 0 Å². The van der Waals surface area contributed by atoms with Gasteiger partial charge in [-0.2, -0.15) is 0 Å². The van der Waals surface area contributed by atoms with Gasteiger partial charge in [-0.1, -0.05) is 39.5 Å². The first-order chi connectivity index (χ1) is 9.74. The molecular weight excluding hydrogens is 246 g/mol. The average molecular weight is 279 g/mol. The fourth-order valence-corrected chi connectivity index (χ4v) is 4.27. The molecule has 2 fully saturated rings. The summed E-state index contributed by atoms with van der Waals surface area (Å²) in [5.41, 5.74) is 0. The summed E-state index contributed by atoms with van der Waals surface area (Å²) >= 11 is 0. The molecule has 0 aromatic carbocycles. The highest BCUT2D eigenvalue weighted by Crippen LogP contribution is 2.31. The third-order valence-corrected chi connectivity index (χ3v) is 5.49. The van der Waals surface area contributed by atoms with E-state index < -0.39 is 0 Å². The Hall–Kier alpha value is -0.370. The van der Waals surface area contributed by atoms with Gasteiger partial charge in [0.1, 0.15) is 5.78 Å². The fourth-order valence-electron chi connectivity index (χ4n) is 4.27. The van der Waals surface area contributed by atoms with Crippen LogP contribution in [0.4, 0.5) is 0 Å². The molecule has 1 aliphatic carbocycles. The number of Topliss-reactive ketones (excluding diaryl/α,β-unsaturated/α-hetero) is 1. The first kappa shape index (κ1) is 16.0. The lowest BCUT2D eigenvalue weighted by Crippen LogP contribution is -2.42. The molecule has 0 bridgehead atoms. The van der Waals surface area contributed by atoms with Crippen LogP contribution in [-0.2, 0) is 4.79 Å². The molecule has 20 heavy (non-hydrogen) atoms. The lowest BCUT2D eigenvalue weighted by molar-refractivity contribution is -0.126. The second kappa shape index (κ2) is 8.17. The summed E-state index contributed by atoms with van der Waals surface area (Å²) in [6.45, 7) is 6.86. The second-order valence-corrected chi connectivity index (χ2v) is 7.00. The van der Waals surface area contributed by atoms with Crippen molar-refractivity contribution < 1.29 is 4.79 Å². The van der Waals surface area contributed by atoms with Crippen LogP contribution in [0.2, 0.25) is 0 Å². The van der Waals surface area contributed by atoms with Crippen molar-refractivity contribution in [2.24, 2.45) is 11.8 Å². The van der Waals surface area contributed by atoms with Crippen molar-refractivity contribution in [3.05, 3.63) is 0 Å². The molecule has 116 valence electrons. The maximum absolute atomic E-state index is 12.3. The van der Waals surface area contributed by atoms with Crippen LogP contribution < -0.4 is 0 Å². The number of hydrogen-bond acceptors (Lipinski definition) is 2. The van der Waals surface area contributed by atoms with Crippen molar-refractivity contribution in [1.29, 1.82) is 0 Å². The molecular formula is C18H33NO. The van der Waals surface area contributed by atoms with E-state index in [2.05, 4.69) is 18.7 Å². The molecule has 3 unspecified atom stereocenters. The van der Waals surface area contributed by atoms with Gasteiger partial charge < -0.3 is 0 Å². The van der Waals surface area contributed by atoms with E-state index in [0.717, 1.165) is 31.3 Å². The van der Waals surface area contributed by atoms with E-state index in [1.807, 2.05) is 0 Å². The molecule has 1 saturated carbocycles. The second-order valence-electron chi connectivity index (χ2n) is 7.00. The van der Waals surface area contributed by atoms with Gasteiger partial charge in [-0.25, -0.2) is 0 Å². The maximum atomic E-state index is 12.3. The van der Waals surface area contributed by atoms with Gasteiger partial charge in [0, 0.05) is 24.9 Å². The fraction of sp³-hybridized carbons (Fsp3) is 0.944. The summed E-state index contributed by atoms with van der Waals surface area (Å²) in [6.07, 6.45) is 12.4. The minimum Gasteiger partial charge on any atom is -0.300 e. The third-order valence-electron chi connectivity index (χ3n) is 5.49. The van der Waals surface area contributed by atoms with Crippen LogP contribution in [0.1, 0.15) is 78.1 Å². The number of carbonyl (C=O) groups excluding carboxylic acids is 1. The Morgan fingerprint density at radius 3 is 2.75 bits per heavy atom. The summed E-state index contributed by atoms with van der Waals surface area (Å²) in [7, 11) is 0. The van der Waals surface area contributed by atoms with Crippen LogP contribution in [-0.4, -0.2) is 29.8 Å². The minimum absolute atomic E-state index is 0.340. The molecule has 2 heteroatoms. The van der Waals surface area contributed by atoms with E-state index in [1.54, 1.807) is 0 Å². The van der Waals surface area contributed by atoms with Gasteiger partial charge in [-0.3, -0.25) is 9.69 Å². The lowest BCUT2D eigenvalue weighted by atomic mass is 9.78. The predicted octanol–water partition coefficient (Wildman–Crippen LogP) is 4.43. The highest BCUT2D eigenvalue weighted by atomic mass is 16.1. The molecule has 0 N–H and O–H groups in total. The zero-order valence-electron chi connectivity index (χ0n) is 13.6. The largest absolute Gasteiger partial charge is 0.300 e. The molecule has 1 heterocycles. The first-order valence-electron chi connectivity index (χ1n) is 9.01. The Bertz CT molecular complexity index is 302. The highest BCUT2D eigenvalue weighted by molar-refractivity contribution is 5.81. The van der Waals surface area contributed by atoms with Crippen molar-refractivity contribution in [2.75, 3.05) is 13.1 Å². The average Bonchev–Trinajstić information content (AvgIpc) is 2.68. The summed E-state index contributed by atoms with van der Waals surface area (Å²) in [5.74, 6) is 1.71. The van der Waals surface area contributed by atoms with Crippen molar-refractivity contribution in [1.82, 2.24) is 4.90 Å². The van der Waals surface area contributed by atoms with Gasteiger partial charge >= 0.3 is 0 Å². The summed E-state index contributed by atoms with van der Waals surface area (Å²) in [4.78, 5) is 14.9. The van der Waals surface area contributed by atoms with Crippen LogP contribution >= 0.6 is 0 Å². The van der Waals surface area contributed by atoms with Gasteiger partial charge in [0.2, 0.25) is 0 Å². The van der Waals surface area contributed by atoms with Crippen molar-refractivity contribution in [2.45, 2.75) is 84.1 Å². The Morgan fingerprint density at radius 2 is 2.00 bits per heavy atom. The monoisotopic (exact) mass is 279 g/mol. The Balaban J connectivity index is 1.92. The van der Waals surface area contributed by atoms with E-state index in [0.29, 0.717) is 11.7 Å². The number of hydrogen-bond donors (Lipinski definition) is 0. The molecule has 0 aromatic heterocycles. The molecule has 0 spiro atoms. The molecule has 2 nitrogen and oxygen atoms in total. The molecule has 1 saturated heterocycles. The summed E-state index contributed by atoms with van der Waals surface area (Å²) < 4.78 is 0. The van der Waals surface area contributed by atoms with Gasteiger partial charge in [-0.15, -0.1) is 0 Å². The molecule has 1 aliphatic heterocycles. The predicted molar refractivity (Wildman–Crippen MR) is 84.9 cm³/mol. The highest BCUT2D eigenvalue weighted by Gasteiger charge is 2.31. The van der Waals surface area contributed by atoms with E-state index >= 15 is 0 Å². The number of nitrogens with zero attached hydrogens (tertiary/aromatic N) is 1. The van der Waals surface area contributed by atoms with Crippen LogP contribution in [0.3, 0.4) is 0 Å². The quantitative estimate of drug-likeness (QED) is 0.742. The zero-order chi connectivity index (χ0) is 14.4. The molecule has 0 radical (unpaired) electrons. The molecule has 2 aliphatic rings. The van der Waals surface area contributed by atoms with Gasteiger partial charge in [-0.05, 0) is 44.6 Å². The topological polar surface area (TPSA) is 20.3 Å². The third kappa shape index (κ3) is 4.31. The molecule has 0 aromatic rings. The van der Waals surface area contributed by atoms with Gasteiger partial charge in [0.15, 0.2) is 0 Å².